The van der Waals surface area contributed by atoms with Gasteiger partial charge in [-0.2, -0.15) is 0 Å². The third-order valence-corrected chi connectivity index (χ3v) is 6.90. The molecule has 0 radical (unpaired) electrons. The van der Waals surface area contributed by atoms with Crippen LogP contribution in [0.2, 0.25) is 5.15 Å². The average molecular weight is 492 g/mol. The third kappa shape index (κ3) is 4.44. The van der Waals surface area contributed by atoms with Crippen molar-refractivity contribution >= 4 is 28.5 Å². The zero-order chi connectivity index (χ0) is 23.8. The number of fused-ring (bicyclic) bond motifs is 2. The van der Waals surface area contributed by atoms with E-state index in [0.29, 0.717) is 35.6 Å². The van der Waals surface area contributed by atoms with Crippen LogP contribution in [0.3, 0.4) is 0 Å². The number of benzene rings is 3. The molecule has 1 fully saturated rings. The van der Waals surface area contributed by atoms with Gasteiger partial charge in [-0.15, -0.1) is 0 Å². The molecule has 0 amide bonds. The number of anilines is 1. The Hall–Kier alpha value is -3.58. The van der Waals surface area contributed by atoms with Gasteiger partial charge >= 0.3 is 0 Å². The lowest BCUT2D eigenvalue weighted by Crippen LogP contribution is -2.42. The van der Waals surface area contributed by atoms with Gasteiger partial charge in [0.1, 0.15) is 11.6 Å². The fourth-order valence-electron chi connectivity index (χ4n) is 4.88. The predicted molar refractivity (Wildman–Crippen MR) is 132 cm³/mol. The van der Waals surface area contributed by atoms with Crippen LogP contribution >= 0.6 is 11.6 Å². The molecule has 2 aliphatic rings. The van der Waals surface area contributed by atoms with Gasteiger partial charge in [-0.05, 0) is 54.3 Å². The summed E-state index contributed by atoms with van der Waals surface area (Å²) in [6.07, 6.45) is 0.853. The van der Waals surface area contributed by atoms with Gasteiger partial charge in [0.25, 0.3) is 0 Å². The third-order valence-electron chi connectivity index (χ3n) is 6.65. The maximum Gasteiger partial charge on any atom is 0.231 e. The van der Waals surface area contributed by atoms with Gasteiger partial charge in [0, 0.05) is 25.1 Å². The van der Waals surface area contributed by atoms with Gasteiger partial charge < -0.3 is 19.1 Å². The van der Waals surface area contributed by atoms with Crippen molar-refractivity contribution in [1.29, 1.82) is 0 Å². The monoisotopic (exact) mass is 491 g/mol. The van der Waals surface area contributed by atoms with Crippen molar-refractivity contribution in [3.05, 3.63) is 83.3 Å². The Kier molecular flexibility index (Phi) is 5.78. The van der Waals surface area contributed by atoms with E-state index in [0.717, 1.165) is 35.3 Å². The fraction of sp³-hybridized carbons (Fsp3) is 0.259. The molecule has 178 valence electrons. The first-order chi connectivity index (χ1) is 17.1. The van der Waals surface area contributed by atoms with Crippen LogP contribution in [0, 0.1) is 11.7 Å². The molecule has 1 aromatic heterocycles. The van der Waals surface area contributed by atoms with Crippen LogP contribution in [0.25, 0.3) is 11.0 Å². The van der Waals surface area contributed by atoms with Gasteiger partial charge in [0.05, 0.1) is 17.6 Å². The standard InChI is InChI=1S/C27H23ClFN3O3/c28-26-27(31-23-4-2-1-3-22(23)30-26)32-12-11-21(17-5-7-19(29)8-6-17)18(14-32)15-33-20-9-10-24-25(13-20)35-16-34-24/h1-10,13,18,21H,11-12,14-16H2/t18-,21-/m0/s1. The molecule has 3 heterocycles. The van der Waals surface area contributed by atoms with Crippen LogP contribution in [0.4, 0.5) is 10.2 Å². The van der Waals surface area contributed by atoms with Crippen molar-refractivity contribution < 1.29 is 18.6 Å². The number of nitrogens with zero attached hydrogens (tertiary/aromatic N) is 3. The van der Waals surface area contributed by atoms with Gasteiger partial charge in [-0.3, -0.25) is 0 Å². The molecule has 1 saturated heterocycles. The van der Waals surface area contributed by atoms with Crippen molar-refractivity contribution in [3.8, 4) is 17.2 Å². The summed E-state index contributed by atoms with van der Waals surface area (Å²) in [5.41, 5.74) is 2.67. The summed E-state index contributed by atoms with van der Waals surface area (Å²) in [7, 11) is 0. The fourth-order valence-corrected chi connectivity index (χ4v) is 5.14. The molecule has 3 aromatic carbocycles. The van der Waals surface area contributed by atoms with Gasteiger partial charge in [0.2, 0.25) is 6.79 Å². The summed E-state index contributed by atoms with van der Waals surface area (Å²) in [6, 6.07) is 20.1. The second kappa shape index (κ2) is 9.23. The first kappa shape index (κ1) is 21.9. The number of ether oxygens (including phenoxy) is 3. The highest BCUT2D eigenvalue weighted by molar-refractivity contribution is 6.32. The van der Waals surface area contributed by atoms with Crippen LogP contribution in [0.15, 0.2) is 66.7 Å². The van der Waals surface area contributed by atoms with Crippen molar-refractivity contribution in [1.82, 2.24) is 9.97 Å². The Labute approximate surface area is 207 Å². The molecule has 0 saturated carbocycles. The lowest BCUT2D eigenvalue weighted by Gasteiger charge is -2.39. The molecular formula is C27H23ClFN3O3. The Balaban J connectivity index is 1.27. The number of aromatic nitrogens is 2. The number of para-hydroxylation sites is 2. The summed E-state index contributed by atoms with van der Waals surface area (Å²) in [6.45, 7) is 2.13. The van der Waals surface area contributed by atoms with E-state index in [4.69, 9.17) is 30.8 Å². The van der Waals surface area contributed by atoms with E-state index in [9.17, 15) is 4.39 Å². The number of piperidine rings is 1. The van der Waals surface area contributed by atoms with Crippen LogP contribution in [-0.2, 0) is 0 Å². The largest absolute Gasteiger partial charge is 0.493 e. The second-order valence-corrected chi connectivity index (χ2v) is 9.16. The molecule has 0 bridgehead atoms. The van der Waals surface area contributed by atoms with Crippen LogP contribution < -0.4 is 19.1 Å². The molecule has 6 rings (SSSR count). The van der Waals surface area contributed by atoms with E-state index in [1.807, 2.05) is 54.6 Å². The molecule has 0 aliphatic carbocycles. The predicted octanol–water partition coefficient (Wildman–Crippen LogP) is 5.84. The summed E-state index contributed by atoms with van der Waals surface area (Å²) in [5, 5.41) is 0.388. The number of halogens is 2. The molecule has 0 unspecified atom stereocenters. The molecule has 35 heavy (non-hydrogen) atoms. The van der Waals surface area contributed by atoms with Crippen molar-refractivity contribution in [2.75, 3.05) is 31.4 Å². The first-order valence-corrected chi connectivity index (χ1v) is 12.0. The molecule has 2 atom stereocenters. The molecule has 8 heteroatoms. The summed E-state index contributed by atoms with van der Waals surface area (Å²) in [5.74, 6) is 2.87. The minimum absolute atomic E-state index is 0.115. The highest BCUT2D eigenvalue weighted by Gasteiger charge is 2.33. The van der Waals surface area contributed by atoms with E-state index in [2.05, 4.69) is 9.88 Å². The zero-order valence-electron chi connectivity index (χ0n) is 18.9. The Bertz CT molecular complexity index is 1370. The van der Waals surface area contributed by atoms with Crippen molar-refractivity contribution in [2.24, 2.45) is 5.92 Å². The maximum atomic E-state index is 13.6. The highest BCUT2D eigenvalue weighted by Crippen LogP contribution is 2.38. The van der Waals surface area contributed by atoms with Crippen molar-refractivity contribution in [2.45, 2.75) is 12.3 Å². The van der Waals surface area contributed by atoms with Crippen LogP contribution in [0.5, 0.6) is 17.2 Å². The van der Waals surface area contributed by atoms with E-state index in [1.54, 1.807) is 0 Å². The highest BCUT2D eigenvalue weighted by atomic mass is 35.5. The summed E-state index contributed by atoms with van der Waals surface area (Å²) in [4.78, 5) is 11.5. The normalized spacial score (nSPS) is 19.2. The van der Waals surface area contributed by atoms with Crippen LogP contribution in [0.1, 0.15) is 17.9 Å². The second-order valence-electron chi connectivity index (χ2n) is 8.81. The molecule has 0 spiro atoms. The minimum atomic E-state index is -0.238. The average Bonchev–Trinajstić information content (AvgIpc) is 3.35. The topological polar surface area (TPSA) is 56.7 Å². The zero-order valence-corrected chi connectivity index (χ0v) is 19.6. The Morgan fingerprint density at radius 2 is 1.74 bits per heavy atom. The molecule has 2 aliphatic heterocycles. The molecule has 0 N–H and O–H groups in total. The van der Waals surface area contributed by atoms with Crippen molar-refractivity contribution in [3.63, 3.8) is 0 Å². The maximum absolute atomic E-state index is 13.6. The Morgan fingerprint density at radius 1 is 0.971 bits per heavy atom. The quantitative estimate of drug-likeness (QED) is 0.349. The molecule has 6 nitrogen and oxygen atoms in total. The van der Waals surface area contributed by atoms with Crippen LogP contribution in [-0.4, -0.2) is 36.5 Å². The Morgan fingerprint density at radius 3 is 2.57 bits per heavy atom. The lowest BCUT2D eigenvalue weighted by molar-refractivity contribution is 0.173. The molecular weight excluding hydrogens is 469 g/mol. The van der Waals surface area contributed by atoms with E-state index >= 15 is 0 Å². The minimum Gasteiger partial charge on any atom is -0.493 e. The van der Waals surface area contributed by atoms with Gasteiger partial charge in [-0.1, -0.05) is 35.9 Å². The number of rotatable bonds is 5. The summed E-state index contributed by atoms with van der Waals surface area (Å²) >= 11 is 6.57. The lowest BCUT2D eigenvalue weighted by atomic mass is 9.81. The first-order valence-electron chi connectivity index (χ1n) is 11.6. The smallest absolute Gasteiger partial charge is 0.231 e. The van der Waals surface area contributed by atoms with E-state index < -0.39 is 0 Å². The molecule has 4 aromatic rings. The van der Waals surface area contributed by atoms with E-state index in [1.165, 1.54) is 12.1 Å². The SMILES string of the molecule is Fc1ccc([C@@H]2CCN(c3nc4ccccc4nc3Cl)C[C@H]2COc2ccc3c(c2)OCO3)cc1. The number of hydrogen-bond donors (Lipinski definition) is 0. The summed E-state index contributed by atoms with van der Waals surface area (Å²) < 4.78 is 30.7. The number of hydrogen-bond acceptors (Lipinski definition) is 6. The van der Waals surface area contributed by atoms with Gasteiger partial charge in [-0.25, -0.2) is 14.4 Å². The van der Waals surface area contributed by atoms with E-state index in [-0.39, 0.29) is 24.4 Å². The van der Waals surface area contributed by atoms with Gasteiger partial charge in [0.15, 0.2) is 22.5 Å².